The molecular formula is C16H22ClN3O2. The lowest BCUT2D eigenvalue weighted by Gasteiger charge is -2.20. The van der Waals surface area contributed by atoms with Crippen LogP contribution >= 0.6 is 12.4 Å². The van der Waals surface area contributed by atoms with Crippen molar-refractivity contribution in [2.45, 2.75) is 32.2 Å². The van der Waals surface area contributed by atoms with Gasteiger partial charge in [0.1, 0.15) is 0 Å². The number of ether oxygens (including phenoxy) is 1. The number of halogens is 1. The summed E-state index contributed by atoms with van der Waals surface area (Å²) in [4.78, 5) is 4.48. The van der Waals surface area contributed by atoms with Crippen molar-refractivity contribution in [2.75, 3.05) is 13.2 Å². The molecule has 0 spiro atoms. The lowest BCUT2D eigenvalue weighted by Crippen LogP contribution is -2.16. The van der Waals surface area contributed by atoms with Gasteiger partial charge in [-0.25, -0.2) is 0 Å². The minimum atomic E-state index is 0. The maximum Gasteiger partial charge on any atom is 0.226 e. The fraction of sp³-hybridized carbons (Fsp3) is 0.500. The van der Waals surface area contributed by atoms with Crippen LogP contribution in [-0.2, 0) is 17.7 Å². The molecule has 0 atom stereocenters. The van der Waals surface area contributed by atoms with E-state index in [4.69, 9.17) is 15.0 Å². The lowest BCUT2D eigenvalue weighted by molar-refractivity contribution is 0.0634. The van der Waals surface area contributed by atoms with Gasteiger partial charge in [-0.2, -0.15) is 4.98 Å². The molecule has 6 heteroatoms. The number of nitrogens with two attached hydrogens (primary N) is 1. The number of benzene rings is 1. The van der Waals surface area contributed by atoms with Gasteiger partial charge in [-0.1, -0.05) is 29.4 Å². The number of hydrogen-bond donors (Lipinski definition) is 1. The average Bonchev–Trinajstić information content (AvgIpc) is 3.03. The normalized spacial score (nSPS) is 15.5. The first kappa shape index (κ1) is 16.9. The second-order valence-electron chi connectivity index (χ2n) is 5.51. The first-order valence-electron chi connectivity index (χ1n) is 7.55. The number of aryl methyl sites for hydroxylation is 1. The van der Waals surface area contributed by atoms with Gasteiger partial charge in [-0.3, -0.25) is 0 Å². The summed E-state index contributed by atoms with van der Waals surface area (Å²) in [5, 5.41) is 4.06. The topological polar surface area (TPSA) is 74.2 Å². The van der Waals surface area contributed by atoms with Gasteiger partial charge in [0.25, 0.3) is 0 Å². The highest BCUT2D eigenvalue weighted by atomic mass is 35.5. The van der Waals surface area contributed by atoms with Crippen molar-refractivity contribution >= 4 is 12.4 Å². The maximum absolute atomic E-state index is 5.59. The molecule has 2 aromatic rings. The van der Waals surface area contributed by atoms with Crippen LogP contribution in [0.25, 0.3) is 11.4 Å². The van der Waals surface area contributed by atoms with Gasteiger partial charge in [-0.15, -0.1) is 12.4 Å². The van der Waals surface area contributed by atoms with Crippen molar-refractivity contribution in [1.29, 1.82) is 0 Å². The minimum absolute atomic E-state index is 0. The van der Waals surface area contributed by atoms with Crippen molar-refractivity contribution in [3.63, 3.8) is 0 Å². The molecule has 2 N–H and O–H groups in total. The van der Waals surface area contributed by atoms with Crippen LogP contribution in [0.15, 0.2) is 28.8 Å². The Morgan fingerprint density at radius 3 is 2.55 bits per heavy atom. The Morgan fingerprint density at radius 1 is 1.14 bits per heavy atom. The molecule has 0 saturated carbocycles. The van der Waals surface area contributed by atoms with Crippen molar-refractivity contribution in [3.8, 4) is 11.4 Å². The van der Waals surface area contributed by atoms with Crippen LogP contribution in [0.1, 0.15) is 30.7 Å². The highest BCUT2D eigenvalue weighted by Gasteiger charge is 2.16. The van der Waals surface area contributed by atoms with Crippen LogP contribution in [0.2, 0.25) is 0 Å². The predicted molar refractivity (Wildman–Crippen MR) is 86.7 cm³/mol. The van der Waals surface area contributed by atoms with Crippen LogP contribution in [0.4, 0.5) is 0 Å². The van der Waals surface area contributed by atoms with Crippen molar-refractivity contribution in [2.24, 2.45) is 11.7 Å². The van der Waals surface area contributed by atoms with E-state index in [0.29, 0.717) is 12.4 Å². The van der Waals surface area contributed by atoms with Crippen LogP contribution in [0, 0.1) is 5.92 Å². The smallest absolute Gasteiger partial charge is 0.226 e. The quantitative estimate of drug-likeness (QED) is 0.915. The Hall–Kier alpha value is -1.43. The zero-order valence-corrected chi connectivity index (χ0v) is 13.3. The van der Waals surface area contributed by atoms with Gasteiger partial charge in [0.05, 0.1) is 0 Å². The van der Waals surface area contributed by atoms with E-state index in [1.165, 1.54) is 0 Å². The molecule has 1 saturated heterocycles. The van der Waals surface area contributed by atoms with Crippen LogP contribution in [0.5, 0.6) is 0 Å². The summed E-state index contributed by atoms with van der Waals surface area (Å²) < 4.78 is 10.7. The van der Waals surface area contributed by atoms with Gasteiger partial charge in [0.2, 0.25) is 11.7 Å². The summed E-state index contributed by atoms with van der Waals surface area (Å²) in [5.74, 6) is 2.10. The Bertz CT molecular complexity index is 565. The molecular weight excluding hydrogens is 302 g/mol. The van der Waals surface area contributed by atoms with E-state index < -0.39 is 0 Å². The molecule has 5 nitrogen and oxygen atoms in total. The molecule has 1 aromatic carbocycles. The van der Waals surface area contributed by atoms with Gasteiger partial charge < -0.3 is 15.0 Å². The van der Waals surface area contributed by atoms with E-state index in [2.05, 4.69) is 10.1 Å². The van der Waals surface area contributed by atoms with Crippen molar-refractivity contribution < 1.29 is 9.26 Å². The monoisotopic (exact) mass is 323 g/mol. The van der Waals surface area contributed by atoms with Gasteiger partial charge in [0.15, 0.2) is 0 Å². The Balaban J connectivity index is 0.00000176. The predicted octanol–water partition coefficient (Wildman–Crippen LogP) is 2.98. The lowest BCUT2D eigenvalue weighted by atomic mass is 9.95. The van der Waals surface area contributed by atoms with E-state index in [0.717, 1.165) is 61.8 Å². The average molecular weight is 324 g/mol. The van der Waals surface area contributed by atoms with Crippen LogP contribution in [0.3, 0.4) is 0 Å². The number of hydrogen-bond acceptors (Lipinski definition) is 5. The molecule has 0 bridgehead atoms. The molecule has 2 heterocycles. The molecule has 0 unspecified atom stereocenters. The second kappa shape index (κ2) is 8.27. The molecule has 0 amide bonds. The summed E-state index contributed by atoms with van der Waals surface area (Å²) in [6, 6.07) is 7.95. The molecule has 3 rings (SSSR count). The van der Waals surface area contributed by atoms with E-state index >= 15 is 0 Å². The molecule has 0 radical (unpaired) electrons. The molecule has 1 fully saturated rings. The van der Waals surface area contributed by atoms with Gasteiger partial charge >= 0.3 is 0 Å². The third-order valence-electron chi connectivity index (χ3n) is 4.02. The third-order valence-corrected chi connectivity index (χ3v) is 4.02. The number of aromatic nitrogens is 2. The molecule has 1 aliphatic heterocycles. The van der Waals surface area contributed by atoms with E-state index in [9.17, 15) is 0 Å². The molecule has 0 aliphatic carbocycles. The number of nitrogens with zero attached hydrogens (tertiary/aromatic N) is 2. The summed E-state index contributed by atoms with van der Waals surface area (Å²) in [7, 11) is 0. The highest BCUT2D eigenvalue weighted by Crippen LogP contribution is 2.22. The summed E-state index contributed by atoms with van der Waals surface area (Å²) >= 11 is 0. The highest BCUT2D eigenvalue weighted by molar-refractivity contribution is 5.85. The van der Waals surface area contributed by atoms with E-state index in [-0.39, 0.29) is 12.4 Å². The SMILES string of the molecule is Cl.NCc1ccc(-c2noc(CCC3CCOCC3)n2)cc1. The summed E-state index contributed by atoms with van der Waals surface area (Å²) in [5.41, 5.74) is 7.66. The van der Waals surface area contributed by atoms with E-state index in [1.54, 1.807) is 0 Å². The fourth-order valence-corrected chi connectivity index (χ4v) is 2.63. The molecule has 1 aromatic heterocycles. The third kappa shape index (κ3) is 4.29. The molecule has 120 valence electrons. The Kier molecular flexibility index (Phi) is 6.36. The Morgan fingerprint density at radius 2 is 1.86 bits per heavy atom. The second-order valence-corrected chi connectivity index (χ2v) is 5.51. The van der Waals surface area contributed by atoms with Crippen molar-refractivity contribution in [1.82, 2.24) is 10.1 Å². The number of rotatable bonds is 5. The molecule has 22 heavy (non-hydrogen) atoms. The van der Waals surface area contributed by atoms with Crippen molar-refractivity contribution in [3.05, 3.63) is 35.7 Å². The standard InChI is InChI=1S/C16H21N3O2.ClH/c17-11-13-1-4-14(5-2-13)16-18-15(21-19-16)6-3-12-7-9-20-10-8-12;/h1-2,4-5,12H,3,6-11,17H2;1H. The first-order chi connectivity index (χ1) is 10.3. The zero-order chi connectivity index (χ0) is 14.5. The summed E-state index contributed by atoms with van der Waals surface area (Å²) in [6.07, 6.45) is 4.22. The molecule has 1 aliphatic rings. The van der Waals surface area contributed by atoms with E-state index in [1.807, 2.05) is 24.3 Å². The fourth-order valence-electron chi connectivity index (χ4n) is 2.63. The first-order valence-corrected chi connectivity index (χ1v) is 7.55. The zero-order valence-electron chi connectivity index (χ0n) is 12.5. The van der Waals surface area contributed by atoms with Gasteiger partial charge in [-0.05, 0) is 30.7 Å². The summed E-state index contributed by atoms with van der Waals surface area (Å²) in [6.45, 7) is 2.31. The minimum Gasteiger partial charge on any atom is -0.381 e. The largest absolute Gasteiger partial charge is 0.381 e. The van der Waals surface area contributed by atoms with Gasteiger partial charge in [0, 0.05) is 31.7 Å². The Labute approximate surface area is 136 Å². The van der Waals surface area contributed by atoms with Crippen LogP contribution in [-0.4, -0.2) is 23.4 Å². The maximum atomic E-state index is 5.59. The van der Waals surface area contributed by atoms with Crippen LogP contribution < -0.4 is 5.73 Å².